The standard InChI is InChI=1S/C20H27NO/c1-3-21(4-2)16-8-11-18-12-14-20(15-13-18)22-17-19-9-6-5-7-10-19/h5-7,9-10,12-15H,3-4,8,11,16-17H2,1-2H3. The molecule has 2 aromatic rings. The Balaban J connectivity index is 1.75. The van der Waals surface area contributed by atoms with Gasteiger partial charge in [0.05, 0.1) is 0 Å². The molecule has 0 saturated heterocycles. The van der Waals surface area contributed by atoms with Crippen molar-refractivity contribution in [2.24, 2.45) is 0 Å². The lowest BCUT2D eigenvalue weighted by Gasteiger charge is -2.17. The average molecular weight is 297 g/mol. The van der Waals surface area contributed by atoms with Crippen molar-refractivity contribution < 1.29 is 4.74 Å². The molecule has 118 valence electrons. The summed E-state index contributed by atoms with van der Waals surface area (Å²) < 4.78 is 5.82. The number of hydrogen-bond donors (Lipinski definition) is 0. The van der Waals surface area contributed by atoms with Crippen LogP contribution in [0.1, 0.15) is 31.4 Å². The molecule has 0 aromatic heterocycles. The van der Waals surface area contributed by atoms with E-state index in [9.17, 15) is 0 Å². The van der Waals surface area contributed by atoms with E-state index in [0.29, 0.717) is 6.61 Å². The van der Waals surface area contributed by atoms with Gasteiger partial charge >= 0.3 is 0 Å². The molecule has 22 heavy (non-hydrogen) atoms. The topological polar surface area (TPSA) is 12.5 Å². The Morgan fingerprint density at radius 1 is 0.818 bits per heavy atom. The highest BCUT2D eigenvalue weighted by Gasteiger charge is 2.00. The van der Waals surface area contributed by atoms with Crippen LogP contribution in [0.5, 0.6) is 5.75 Å². The molecule has 2 rings (SSSR count). The SMILES string of the molecule is CCN(CC)CCCc1ccc(OCc2ccccc2)cc1. The van der Waals surface area contributed by atoms with Crippen LogP contribution in [0.3, 0.4) is 0 Å². The van der Waals surface area contributed by atoms with Gasteiger partial charge in [0.25, 0.3) is 0 Å². The predicted octanol–water partition coefficient (Wildman–Crippen LogP) is 4.54. The van der Waals surface area contributed by atoms with Crippen LogP contribution in [0.2, 0.25) is 0 Å². The largest absolute Gasteiger partial charge is 0.489 e. The quantitative estimate of drug-likeness (QED) is 0.674. The Labute approximate surface area is 134 Å². The number of rotatable bonds is 9. The van der Waals surface area contributed by atoms with Crippen LogP contribution in [0.15, 0.2) is 54.6 Å². The zero-order valence-electron chi connectivity index (χ0n) is 13.8. The van der Waals surface area contributed by atoms with Gasteiger partial charge in [0, 0.05) is 0 Å². The lowest BCUT2D eigenvalue weighted by Crippen LogP contribution is -2.24. The van der Waals surface area contributed by atoms with Crippen molar-refractivity contribution in [3.63, 3.8) is 0 Å². The van der Waals surface area contributed by atoms with Gasteiger partial charge in [-0.3, -0.25) is 0 Å². The van der Waals surface area contributed by atoms with Crippen molar-refractivity contribution >= 4 is 0 Å². The molecule has 0 radical (unpaired) electrons. The molecule has 0 amide bonds. The van der Waals surface area contributed by atoms with Crippen LogP contribution in [0, 0.1) is 0 Å². The number of ether oxygens (including phenoxy) is 1. The van der Waals surface area contributed by atoms with Crippen molar-refractivity contribution in [3.8, 4) is 5.75 Å². The molecule has 0 bridgehead atoms. The van der Waals surface area contributed by atoms with Gasteiger partial charge in [-0.25, -0.2) is 0 Å². The maximum absolute atomic E-state index is 5.82. The third kappa shape index (κ3) is 5.53. The Morgan fingerprint density at radius 2 is 1.50 bits per heavy atom. The summed E-state index contributed by atoms with van der Waals surface area (Å²) in [7, 11) is 0. The van der Waals surface area contributed by atoms with Crippen LogP contribution >= 0.6 is 0 Å². The molecule has 0 N–H and O–H groups in total. The Morgan fingerprint density at radius 3 is 2.14 bits per heavy atom. The van der Waals surface area contributed by atoms with Gasteiger partial charge in [0.1, 0.15) is 12.4 Å². The van der Waals surface area contributed by atoms with Gasteiger partial charge in [-0.15, -0.1) is 0 Å². The van der Waals surface area contributed by atoms with Crippen molar-refractivity contribution in [3.05, 3.63) is 65.7 Å². The number of benzene rings is 2. The van der Waals surface area contributed by atoms with Crippen molar-refractivity contribution in [1.82, 2.24) is 4.90 Å². The molecule has 0 saturated carbocycles. The van der Waals surface area contributed by atoms with Gasteiger partial charge in [-0.2, -0.15) is 0 Å². The zero-order valence-corrected chi connectivity index (χ0v) is 13.8. The fraction of sp³-hybridized carbons (Fsp3) is 0.400. The second-order valence-electron chi connectivity index (χ2n) is 5.55. The van der Waals surface area contributed by atoms with Crippen molar-refractivity contribution in [2.75, 3.05) is 19.6 Å². The average Bonchev–Trinajstić information content (AvgIpc) is 2.59. The minimum absolute atomic E-state index is 0.627. The molecule has 0 aliphatic carbocycles. The predicted molar refractivity (Wildman–Crippen MR) is 93.3 cm³/mol. The van der Waals surface area contributed by atoms with Crippen LogP contribution in [0.4, 0.5) is 0 Å². The van der Waals surface area contributed by atoms with E-state index in [1.807, 2.05) is 18.2 Å². The van der Waals surface area contributed by atoms with Gasteiger partial charge in [-0.05, 0) is 55.7 Å². The molecule has 0 heterocycles. The van der Waals surface area contributed by atoms with Crippen LogP contribution in [-0.2, 0) is 13.0 Å². The highest BCUT2D eigenvalue weighted by atomic mass is 16.5. The van der Waals surface area contributed by atoms with E-state index in [2.05, 4.69) is 55.1 Å². The molecule has 2 heteroatoms. The van der Waals surface area contributed by atoms with Gasteiger partial charge in [0.2, 0.25) is 0 Å². The molecular weight excluding hydrogens is 270 g/mol. The van der Waals surface area contributed by atoms with Crippen molar-refractivity contribution in [1.29, 1.82) is 0 Å². The first-order valence-corrected chi connectivity index (χ1v) is 8.29. The lowest BCUT2D eigenvalue weighted by molar-refractivity contribution is 0.299. The summed E-state index contributed by atoms with van der Waals surface area (Å²) >= 11 is 0. The van der Waals surface area contributed by atoms with E-state index < -0.39 is 0 Å². The first-order valence-electron chi connectivity index (χ1n) is 8.29. The maximum Gasteiger partial charge on any atom is 0.119 e. The lowest BCUT2D eigenvalue weighted by atomic mass is 10.1. The van der Waals surface area contributed by atoms with Gasteiger partial charge in [-0.1, -0.05) is 56.3 Å². The van der Waals surface area contributed by atoms with Gasteiger partial charge in [0.15, 0.2) is 0 Å². The summed E-state index contributed by atoms with van der Waals surface area (Å²) in [5.74, 6) is 0.941. The van der Waals surface area contributed by atoms with Crippen LogP contribution < -0.4 is 4.74 Å². The Bertz CT molecular complexity index is 517. The molecule has 2 nitrogen and oxygen atoms in total. The molecule has 2 aromatic carbocycles. The first-order chi connectivity index (χ1) is 10.8. The fourth-order valence-electron chi connectivity index (χ4n) is 2.54. The second-order valence-corrected chi connectivity index (χ2v) is 5.55. The van der Waals surface area contributed by atoms with E-state index in [4.69, 9.17) is 4.74 Å². The minimum Gasteiger partial charge on any atom is -0.489 e. The molecule has 0 atom stereocenters. The van der Waals surface area contributed by atoms with Crippen molar-refractivity contribution in [2.45, 2.75) is 33.3 Å². The third-order valence-electron chi connectivity index (χ3n) is 4.01. The van der Waals surface area contributed by atoms with E-state index in [1.54, 1.807) is 0 Å². The van der Waals surface area contributed by atoms with E-state index >= 15 is 0 Å². The minimum atomic E-state index is 0.627. The molecule has 0 spiro atoms. The summed E-state index contributed by atoms with van der Waals surface area (Å²) in [5.41, 5.74) is 2.59. The van der Waals surface area contributed by atoms with E-state index in [1.165, 1.54) is 24.1 Å². The Hall–Kier alpha value is -1.80. The molecule has 0 unspecified atom stereocenters. The highest BCUT2D eigenvalue weighted by Crippen LogP contribution is 2.15. The second kappa shape index (κ2) is 9.26. The monoisotopic (exact) mass is 297 g/mol. The number of nitrogens with zero attached hydrogens (tertiary/aromatic N) is 1. The molecule has 0 aliphatic heterocycles. The fourth-order valence-corrected chi connectivity index (χ4v) is 2.54. The summed E-state index contributed by atoms with van der Waals surface area (Å²) in [6.45, 7) is 8.54. The smallest absolute Gasteiger partial charge is 0.119 e. The summed E-state index contributed by atoms with van der Waals surface area (Å²) in [6.07, 6.45) is 2.35. The molecule has 0 aliphatic rings. The summed E-state index contributed by atoms with van der Waals surface area (Å²) in [6, 6.07) is 18.8. The summed E-state index contributed by atoms with van der Waals surface area (Å²) in [5, 5.41) is 0. The third-order valence-corrected chi connectivity index (χ3v) is 4.01. The summed E-state index contributed by atoms with van der Waals surface area (Å²) in [4.78, 5) is 2.47. The highest BCUT2D eigenvalue weighted by molar-refractivity contribution is 5.27. The first kappa shape index (κ1) is 16.6. The molecule has 0 fully saturated rings. The normalized spacial score (nSPS) is 10.9. The van der Waals surface area contributed by atoms with Crippen LogP contribution in [0.25, 0.3) is 0 Å². The number of hydrogen-bond acceptors (Lipinski definition) is 2. The number of aryl methyl sites for hydroxylation is 1. The maximum atomic E-state index is 5.82. The zero-order chi connectivity index (χ0) is 15.6. The molecular formula is C20H27NO. The Kier molecular flexibility index (Phi) is 6.98. The van der Waals surface area contributed by atoms with E-state index in [0.717, 1.165) is 25.3 Å². The van der Waals surface area contributed by atoms with Crippen LogP contribution in [-0.4, -0.2) is 24.5 Å². The van der Waals surface area contributed by atoms with Gasteiger partial charge < -0.3 is 9.64 Å². The van der Waals surface area contributed by atoms with E-state index in [-0.39, 0.29) is 0 Å².